The largest absolute Gasteiger partial charge is 0.336 e. The molecular formula is C23H21ClN4O2S. The molecule has 1 aliphatic heterocycles. The van der Waals surface area contributed by atoms with Gasteiger partial charge < -0.3 is 15.5 Å². The van der Waals surface area contributed by atoms with Gasteiger partial charge in [-0.1, -0.05) is 41.6 Å². The molecule has 0 aliphatic carbocycles. The lowest BCUT2D eigenvalue weighted by atomic mass is 10.1. The van der Waals surface area contributed by atoms with Crippen molar-refractivity contribution in [3.05, 3.63) is 83.0 Å². The molecule has 4 rings (SSSR count). The van der Waals surface area contributed by atoms with E-state index in [1.165, 1.54) is 11.8 Å². The molecule has 2 amide bonds. The minimum atomic E-state index is -0.288. The predicted octanol–water partition coefficient (Wildman–Crippen LogP) is 4.18. The number of aromatic nitrogens is 1. The first-order valence-corrected chi connectivity index (χ1v) is 11.1. The predicted molar refractivity (Wildman–Crippen MR) is 123 cm³/mol. The van der Waals surface area contributed by atoms with Crippen LogP contribution < -0.4 is 10.6 Å². The second-order valence-electron chi connectivity index (χ2n) is 6.96. The van der Waals surface area contributed by atoms with E-state index in [-0.39, 0.29) is 11.8 Å². The molecule has 0 atom stereocenters. The van der Waals surface area contributed by atoms with Crippen molar-refractivity contribution in [2.75, 3.05) is 31.5 Å². The maximum Gasteiger partial charge on any atom is 0.258 e. The average molecular weight is 453 g/mol. The first-order chi connectivity index (χ1) is 15.1. The Morgan fingerprint density at radius 2 is 1.77 bits per heavy atom. The zero-order chi connectivity index (χ0) is 21.6. The second kappa shape index (κ2) is 9.96. The van der Waals surface area contributed by atoms with Crippen molar-refractivity contribution in [2.45, 2.75) is 9.92 Å². The first-order valence-electron chi connectivity index (χ1n) is 9.90. The average Bonchev–Trinajstić information content (AvgIpc) is 2.80. The molecule has 0 saturated carbocycles. The summed E-state index contributed by atoms with van der Waals surface area (Å²) in [5, 5.41) is 7.00. The Hall–Kier alpha value is -2.87. The van der Waals surface area contributed by atoms with Gasteiger partial charge in [-0.3, -0.25) is 9.59 Å². The molecule has 0 bridgehead atoms. The molecule has 2 heterocycles. The molecule has 31 heavy (non-hydrogen) atoms. The lowest BCUT2D eigenvalue weighted by Gasteiger charge is -2.27. The number of carbonyl (C=O) groups excluding carboxylic acids is 2. The molecule has 1 fully saturated rings. The van der Waals surface area contributed by atoms with Gasteiger partial charge in [0, 0.05) is 43.0 Å². The van der Waals surface area contributed by atoms with Crippen molar-refractivity contribution in [3.63, 3.8) is 0 Å². The number of hydrogen-bond donors (Lipinski definition) is 2. The van der Waals surface area contributed by atoms with Crippen LogP contribution in [-0.2, 0) is 0 Å². The van der Waals surface area contributed by atoms with E-state index in [9.17, 15) is 9.59 Å². The van der Waals surface area contributed by atoms with Crippen LogP contribution >= 0.6 is 23.4 Å². The maximum absolute atomic E-state index is 12.9. The van der Waals surface area contributed by atoms with Gasteiger partial charge in [-0.25, -0.2) is 4.98 Å². The molecule has 0 radical (unpaired) electrons. The van der Waals surface area contributed by atoms with E-state index in [0.29, 0.717) is 40.0 Å². The molecule has 3 aromatic rings. The molecule has 1 aliphatic rings. The molecular weight excluding hydrogens is 432 g/mol. The Balaban J connectivity index is 1.49. The van der Waals surface area contributed by atoms with E-state index in [0.717, 1.165) is 18.0 Å². The summed E-state index contributed by atoms with van der Waals surface area (Å²) in [5.41, 5.74) is 1.42. The van der Waals surface area contributed by atoms with Crippen LogP contribution in [0.3, 0.4) is 0 Å². The molecule has 6 nitrogen and oxygen atoms in total. The number of hydrogen-bond acceptors (Lipinski definition) is 5. The first kappa shape index (κ1) is 21.4. The van der Waals surface area contributed by atoms with Gasteiger partial charge in [0.05, 0.1) is 16.1 Å². The van der Waals surface area contributed by atoms with E-state index in [2.05, 4.69) is 15.6 Å². The molecule has 0 unspecified atom stereocenters. The van der Waals surface area contributed by atoms with Gasteiger partial charge >= 0.3 is 0 Å². The summed E-state index contributed by atoms with van der Waals surface area (Å²) in [6, 6.07) is 18.2. The standard InChI is InChI=1S/C23H21ClN4O2S/c24-20-15-16(8-9-18(20)23(30)28-13-11-25-12-14-28)27-21(29)19-7-4-10-26-22(19)31-17-5-2-1-3-6-17/h1-10,15,25H,11-14H2,(H,27,29). The summed E-state index contributed by atoms with van der Waals surface area (Å²) in [4.78, 5) is 32.8. The Labute approximate surface area is 190 Å². The molecule has 2 N–H and O–H groups in total. The molecule has 2 aromatic carbocycles. The Morgan fingerprint density at radius 1 is 1.00 bits per heavy atom. The van der Waals surface area contributed by atoms with Crippen LogP contribution in [-0.4, -0.2) is 47.9 Å². The number of piperazine rings is 1. The summed E-state index contributed by atoms with van der Waals surface area (Å²) in [6.45, 7) is 2.84. The molecule has 1 saturated heterocycles. The van der Waals surface area contributed by atoms with Crippen LogP contribution in [0.25, 0.3) is 0 Å². The number of amides is 2. The highest BCUT2D eigenvalue weighted by Crippen LogP contribution is 2.29. The number of halogens is 1. The van der Waals surface area contributed by atoms with Crippen LogP contribution in [0.2, 0.25) is 5.02 Å². The van der Waals surface area contributed by atoms with Crippen molar-refractivity contribution in [1.82, 2.24) is 15.2 Å². The van der Waals surface area contributed by atoms with Crippen molar-refractivity contribution < 1.29 is 9.59 Å². The zero-order valence-electron chi connectivity index (χ0n) is 16.7. The van der Waals surface area contributed by atoms with Crippen molar-refractivity contribution in [2.24, 2.45) is 0 Å². The topological polar surface area (TPSA) is 74.3 Å². The fourth-order valence-corrected chi connectivity index (χ4v) is 4.41. The number of nitrogens with zero attached hydrogens (tertiary/aromatic N) is 2. The lowest BCUT2D eigenvalue weighted by molar-refractivity contribution is 0.0736. The number of carbonyl (C=O) groups is 2. The van der Waals surface area contributed by atoms with Gasteiger partial charge in [0.15, 0.2) is 0 Å². The van der Waals surface area contributed by atoms with E-state index in [1.54, 1.807) is 41.4 Å². The van der Waals surface area contributed by atoms with Crippen LogP contribution in [0.5, 0.6) is 0 Å². The maximum atomic E-state index is 12.9. The second-order valence-corrected chi connectivity index (χ2v) is 8.43. The highest BCUT2D eigenvalue weighted by molar-refractivity contribution is 7.99. The number of rotatable bonds is 5. The highest BCUT2D eigenvalue weighted by atomic mass is 35.5. The number of pyridine rings is 1. The van der Waals surface area contributed by atoms with Crippen LogP contribution in [0.1, 0.15) is 20.7 Å². The molecule has 1 aromatic heterocycles. The zero-order valence-corrected chi connectivity index (χ0v) is 18.2. The lowest BCUT2D eigenvalue weighted by Crippen LogP contribution is -2.46. The third-order valence-electron chi connectivity index (χ3n) is 4.84. The van der Waals surface area contributed by atoms with Crippen LogP contribution in [0.4, 0.5) is 5.69 Å². The Morgan fingerprint density at radius 3 is 2.52 bits per heavy atom. The van der Waals surface area contributed by atoms with Gasteiger partial charge in [-0.15, -0.1) is 0 Å². The fourth-order valence-electron chi connectivity index (χ4n) is 3.25. The summed E-state index contributed by atoms with van der Waals surface area (Å²) in [5.74, 6) is -0.387. The van der Waals surface area contributed by atoms with Crippen molar-refractivity contribution in [3.8, 4) is 0 Å². The number of anilines is 1. The third kappa shape index (κ3) is 5.25. The monoisotopic (exact) mass is 452 g/mol. The third-order valence-corrected chi connectivity index (χ3v) is 6.17. The molecule has 0 spiro atoms. The van der Waals surface area contributed by atoms with E-state index < -0.39 is 0 Å². The van der Waals surface area contributed by atoms with E-state index in [1.807, 2.05) is 30.3 Å². The van der Waals surface area contributed by atoms with Gasteiger partial charge in [0.1, 0.15) is 5.03 Å². The fraction of sp³-hybridized carbons (Fsp3) is 0.174. The van der Waals surface area contributed by atoms with Gasteiger partial charge in [0.2, 0.25) is 0 Å². The van der Waals surface area contributed by atoms with Crippen LogP contribution in [0, 0.1) is 0 Å². The summed E-state index contributed by atoms with van der Waals surface area (Å²) in [6.07, 6.45) is 1.66. The minimum Gasteiger partial charge on any atom is -0.336 e. The van der Waals surface area contributed by atoms with Gasteiger partial charge in [-0.2, -0.15) is 0 Å². The highest BCUT2D eigenvalue weighted by Gasteiger charge is 2.21. The quantitative estimate of drug-likeness (QED) is 0.607. The van der Waals surface area contributed by atoms with Gasteiger partial charge in [-0.05, 0) is 42.5 Å². The smallest absolute Gasteiger partial charge is 0.258 e. The minimum absolute atomic E-state index is 0.0989. The van der Waals surface area contributed by atoms with Gasteiger partial charge in [0.25, 0.3) is 11.8 Å². The summed E-state index contributed by atoms with van der Waals surface area (Å²) in [7, 11) is 0. The summed E-state index contributed by atoms with van der Waals surface area (Å²) < 4.78 is 0. The SMILES string of the molecule is O=C(Nc1ccc(C(=O)N2CCNCC2)c(Cl)c1)c1cccnc1Sc1ccccc1. The summed E-state index contributed by atoms with van der Waals surface area (Å²) >= 11 is 7.81. The Bertz CT molecular complexity index is 1090. The van der Waals surface area contributed by atoms with E-state index >= 15 is 0 Å². The van der Waals surface area contributed by atoms with Crippen LogP contribution in [0.15, 0.2) is 76.8 Å². The number of nitrogens with one attached hydrogen (secondary N) is 2. The van der Waals surface area contributed by atoms with Crippen molar-refractivity contribution >= 4 is 40.9 Å². The van der Waals surface area contributed by atoms with E-state index in [4.69, 9.17) is 11.6 Å². The Kier molecular flexibility index (Phi) is 6.86. The van der Waals surface area contributed by atoms with Crippen molar-refractivity contribution in [1.29, 1.82) is 0 Å². The molecule has 8 heteroatoms. The number of benzene rings is 2. The molecule has 158 valence electrons. The normalized spacial score (nSPS) is 13.6.